The number of carbonyl (C=O) groups is 2. The summed E-state index contributed by atoms with van der Waals surface area (Å²) in [6, 6.07) is 11.1. The summed E-state index contributed by atoms with van der Waals surface area (Å²) in [4.78, 5) is 24.0. The van der Waals surface area contributed by atoms with Crippen LogP contribution in [0.25, 0.3) is 0 Å². The summed E-state index contributed by atoms with van der Waals surface area (Å²) in [6.07, 6.45) is 0.374. The maximum Gasteiger partial charge on any atom is 0.251 e. The number of rotatable bonds is 8. The quantitative estimate of drug-likeness (QED) is 0.754. The predicted molar refractivity (Wildman–Crippen MR) is 95.0 cm³/mol. The van der Waals surface area contributed by atoms with Gasteiger partial charge in [-0.25, -0.2) is 4.39 Å². The van der Waals surface area contributed by atoms with Crippen molar-refractivity contribution in [1.82, 2.24) is 10.6 Å². The van der Waals surface area contributed by atoms with E-state index in [9.17, 15) is 14.0 Å². The van der Waals surface area contributed by atoms with Gasteiger partial charge in [0.2, 0.25) is 5.91 Å². The smallest absolute Gasteiger partial charge is 0.251 e. The molecule has 0 fully saturated rings. The summed E-state index contributed by atoms with van der Waals surface area (Å²) < 4.78 is 23.7. The second-order valence-electron chi connectivity index (χ2n) is 5.48. The van der Waals surface area contributed by atoms with Crippen molar-refractivity contribution in [2.75, 3.05) is 27.3 Å². The Morgan fingerprint density at radius 1 is 1.00 bits per heavy atom. The van der Waals surface area contributed by atoms with Crippen molar-refractivity contribution >= 4 is 11.8 Å². The molecule has 0 aliphatic carbocycles. The molecule has 2 aromatic carbocycles. The third kappa shape index (κ3) is 5.47. The van der Waals surface area contributed by atoms with Gasteiger partial charge in [0.1, 0.15) is 17.3 Å². The highest BCUT2D eigenvalue weighted by Crippen LogP contribution is 2.22. The predicted octanol–water partition coefficient (Wildman–Crippen LogP) is 1.93. The van der Waals surface area contributed by atoms with Crippen LogP contribution < -0.4 is 20.1 Å². The largest absolute Gasteiger partial charge is 0.497 e. The lowest BCUT2D eigenvalue weighted by Crippen LogP contribution is -2.37. The van der Waals surface area contributed by atoms with E-state index in [0.717, 1.165) is 0 Å². The maximum atomic E-state index is 13.5. The van der Waals surface area contributed by atoms with Gasteiger partial charge in [0.05, 0.1) is 20.8 Å². The fraction of sp³-hybridized carbons (Fsp3) is 0.263. The SMILES string of the molecule is COc1cc(OC)cc(C(=O)NCC(=O)NCCc2ccccc2F)c1. The molecule has 0 bridgehead atoms. The Bertz CT molecular complexity index is 758. The minimum Gasteiger partial charge on any atom is -0.497 e. The molecule has 0 heterocycles. The lowest BCUT2D eigenvalue weighted by Gasteiger charge is -2.10. The highest BCUT2D eigenvalue weighted by molar-refractivity contribution is 5.97. The van der Waals surface area contributed by atoms with Crippen molar-refractivity contribution in [2.24, 2.45) is 0 Å². The molecule has 0 saturated heterocycles. The third-order valence-corrected chi connectivity index (χ3v) is 3.70. The molecule has 2 aromatic rings. The average Bonchev–Trinajstić information content (AvgIpc) is 2.67. The van der Waals surface area contributed by atoms with Gasteiger partial charge in [-0.1, -0.05) is 18.2 Å². The lowest BCUT2D eigenvalue weighted by atomic mass is 10.1. The molecule has 0 radical (unpaired) electrons. The molecule has 0 atom stereocenters. The molecule has 0 aliphatic rings. The Balaban J connectivity index is 1.81. The molecule has 26 heavy (non-hydrogen) atoms. The number of hydrogen-bond donors (Lipinski definition) is 2. The zero-order valence-corrected chi connectivity index (χ0v) is 14.7. The first-order valence-corrected chi connectivity index (χ1v) is 8.05. The van der Waals surface area contributed by atoms with Crippen molar-refractivity contribution in [2.45, 2.75) is 6.42 Å². The van der Waals surface area contributed by atoms with Gasteiger partial charge in [-0.15, -0.1) is 0 Å². The molecule has 2 N–H and O–H groups in total. The molecule has 0 aromatic heterocycles. The fourth-order valence-electron chi connectivity index (χ4n) is 2.30. The molecule has 7 heteroatoms. The van der Waals surface area contributed by atoms with Crippen LogP contribution in [0.4, 0.5) is 4.39 Å². The van der Waals surface area contributed by atoms with E-state index < -0.39 is 5.91 Å². The van der Waals surface area contributed by atoms with E-state index in [1.807, 2.05) is 0 Å². The molecule has 0 unspecified atom stereocenters. The van der Waals surface area contributed by atoms with Crippen LogP contribution in [0.15, 0.2) is 42.5 Å². The van der Waals surface area contributed by atoms with Gasteiger partial charge in [-0.3, -0.25) is 9.59 Å². The van der Waals surface area contributed by atoms with Crippen LogP contribution in [0.2, 0.25) is 0 Å². The Morgan fingerprint density at radius 3 is 2.27 bits per heavy atom. The number of amides is 2. The molecule has 2 rings (SSSR count). The van der Waals surface area contributed by atoms with E-state index in [1.54, 1.807) is 36.4 Å². The third-order valence-electron chi connectivity index (χ3n) is 3.70. The van der Waals surface area contributed by atoms with Crippen LogP contribution in [0.5, 0.6) is 11.5 Å². The topological polar surface area (TPSA) is 76.7 Å². The van der Waals surface area contributed by atoms with E-state index >= 15 is 0 Å². The zero-order chi connectivity index (χ0) is 18.9. The Morgan fingerprint density at radius 2 is 1.65 bits per heavy atom. The standard InChI is InChI=1S/C19H21FN2O4/c1-25-15-9-14(10-16(11-15)26-2)19(24)22-12-18(23)21-8-7-13-5-3-4-6-17(13)20/h3-6,9-11H,7-8,12H2,1-2H3,(H,21,23)(H,22,24). The molecular weight excluding hydrogens is 339 g/mol. The number of halogens is 1. The number of nitrogens with one attached hydrogen (secondary N) is 2. The summed E-state index contributed by atoms with van der Waals surface area (Å²) in [5, 5.41) is 5.17. The van der Waals surface area contributed by atoms with Crippen molar-refractivity contribution in [1.29, 1.82) is 0 Å². The van der Waals surface area contributed by atoms with Crippen LogP contribution in [0.3, 0.4) is 0 Å². The van der Waals surface area contributed by atoms with Gasteiger partial charge in [0.15, 0.2) is 0 Å². The Hall–Kier alpha value is -3.09. The molecule has 0 spiro atoms. The van der Waals surface area contributed by atoms with Crippen LogP contribution in [-0.4, -0.2) is 39.1 Å². The summed E-state index contributed by atoms with van der Waals surface area (Å²) in [5.41, 5.74) is 0.848. The van der Waals surface area contributed by atoms with Gasteiger partial charge < -0.3 is 20.1 Å². The first-order valence-electron chi connectivity index (χ1n) is 8.05. The summed E-state index contributed by atoms with van der Waals surface area (Å²) in [6.45, 7) is 0.0955. The van der Waals surface area contributed by atoms with Gasteiger partial charge >= 0.3 is 0 Å². The van der Waals surface area contributed by atoms with Crippen LogP contribution in [-0.2, 0) is 11.2 Å². The second-order valence-corrected chi connectivity index (χ2v) is 5.48. The fourth-order valence-corrected chi connectivity index (χ4v) is 2.30. The number of methoxy groups -OCH3 is 2. The van der Waals surface area contributed by atoms with Gasteiger partial charge in [-0.2, -0.15) is 0 Å². The van der Waals surface area contributed by atoms with Gasteiger partial charge in [0, 0.05) is 18.2 Å². The van der Waals surface area contributed by atoms with E-state index in [-0.39, 0.29) is 24.8 Å². The first-order chi connectivity index (χ1) is 12.5. The number of carbonyl (C=O) groups excluding carboxylic acids is 2. The van der Waals surface area contributed by atoms with E-state index in [1.165, 1.54) is 20.3 Å². The van der Waals surface area contributed by atoms with Crippen LogP contribution in [0, 0.1) is 5.82 Å². The summed E-state index contributed by atoms with van der Waals surface area (Å²) >= 11 is 0. The molecular formula is C19H21FN2O4. The lowest BCUT2D eigenvalue weighted by molar-refractivity contribution is -0.120. The first kappa shape index (κ1) is 19.2. The van der Waals surface area contributed by atoms with Crippen molar-refractivity contribution in [3.63, 3.8) is 0 Å². The number of hydrogen-bond acceptors (Lipinski definition) is 4. The molecule has 0 saturated carbocycles. The molecule has 0 aliphatic heterocycles. The number of benzene rings is 2. The molecule has 2 amide bonds. The minimum atomic E-state index is -0.425. The highest BCUT2D eigenvalue weighted by Gasteiger charge is 2.11. The van der Waals surface area contributed by atoms with Crippen molar-refractivity contribution in [3.05, 3.63) is 59.4 Å². The molecule has 138 valence electrons. The summed E-state index contributed by atoms with van der Waals surface area (Å²) in [5.74, 6) is -0.134. The Kier molecular flexibility index (Phi) is 6.96. The number of ether oxygens (including phenoxy) is 2. The van der Waals surface area contributed by atoms with Crippen LogP contribution >= 0.6 is 0 Å². The van der Waals surface area contributed by atoms with Crippen molar-refractivity contribution in [3.8, 4) is 11.5 Å². The minimum absolute atomic E-state index is 0.185. The van der Waals surface area contributed by atoms with Crippen molar-refractivity contribution < 1.29 is 23.5 Å². The maximum absolute atomic E-state index is 13.5. The second kappa shape index (κ2) is 9.41. The monoisotopic (exact) mass is 360 g/mol. The Labute approximate surface area is 151 Å². The van der Waals surface area contributed by atoms with E-state index in [2.05, 4.69) is 10.6 Å². The molecule has 6 nitrogen and oxygen atoms in total. The van der Waals surface area contributed by atoms with E-state index in [0.29, 0.717) is 29.0 Å². The van der Waals surface area contributed by atoms with E-state index in [4.69, 9.17) is 9.47 Å². The highest BCUT2D eigenvalue weighted by atomic mass is 19.1. The summed E-state index contributed by atoms with van der Waals surface area (Å²) in [7, 11) is 2.97. The average molecular weight is 360 g/mol. The van der Waals surface area contributed by atoms with Gasteiger partial charge in [-0.05, 0) is 30.2 Å². The normalized spacial score (nSPS) is 10.1. The van der Waals surface area contributed by atoms with Crippen LogP contribution in [0.1, 0.15) is 15.9 Å². The zero-order valence-electron chi connectivity index (χ0n) is 14.7. The van der Waals surface area contributed by atoms with Gasteiger partial charge in [0.25, 0.3) is 5.91 Å².